The number of hydrogen-bond acceptors (Lipinski definition) is 1. The predicted molar refractivity (Wildman–Crippen MR) is 557 cm³/mol. The molecular weight excluding hydrogens is 1480 g/mol. The van der Waals surface area contributed by atoms with Gasteiger partial charge in [-0.25, -0.2) is 4.98 Å². The zero-order valence-electron chi connectivity index (χ0n) is 77.5. The molecule has 20 aromatic rings. The van der Waals surface area contributed by atoms with Crippen molar-refractivity contribution in [3.63, 3.8) is 0 Å². The molecule has 19 aromatic carbocycles. The monoisotopic (exact) mass is 1610 g/mol. The van der Waals surface area contributed by atoms with Crippen molar-refractivity contribution in [2.24, 2.45) is 0 Å². The van der Waals surface area contributed by atoms with Gasteiger partial charge in [0.1, 0.15) is 5.82 Å². The Kier molecular flexibility index (Phi) is 41.0. The highest BCUT2D eigenvalue weighted by Gasteiger charge is 2.23. The van der Waals surface area contributed by atoms with E-state index in [0.717, 1.165) is 28.1 Å². The first kappa shape index (κ1) is 96.9. The van der Waals surface area contributed by atoms with E-state index in [1.54, 1.807) is 0 Å². The van der Waals surface area contributed by atoms with Crippen LogP contribution in [0.5, 0.6) is 0 Å². The lowest BCUT2D eigenvalue weighted by Crippen LogP contribution is -1.97. The fourth-order valence-corrected chi connectivity index (χ4v) is 15.8. The molecule has 0 aliphatic carbocycles. The smallest absolute Gasteiger partial charge is 0.145 e. The molecule has 0 saturated heterocycles. The summed E-state index contributed by atoms with van der Waals surface area (Å²) in [5.41, 5.74) is 19.6. The second-order valence-electron chi connectivity index (χ2n) is 25.9. The van der Waals surface area contributed by atoms with Crippen LogP contribution in [0.4, 0.5) is 0 Å². The molecule has 0 spiro atoms. The first-order chi connectivity index (χ1) is 61.2. The molecule has 2 nitrogen and oxygen atoms in total. The minimum Gasteiger partial charge on any atom is -0.292 e. The Morgan fingerprint density at radius 2 is 0.374 bits per heavy atom. The van der Waals surface area contributed by atoms with Crippen molar-refractivity contribution in [2.45, 2.75) is 152 Å². The molecule has 123 heavy (non-hydrogen) atoms. The van der Waals surface area contributed by atoms with Crippen LogP contribution in [0.2, 0.25) is 0 Å². The van der Waals surface area contributed by atoms with Crippen LogP contribution in [0.15, 0.2) is 400 Å². The van der Waals surface area contributed by atoms with E-state index in [-0.39, 0.29) is 0 Å². The maximum absolute atomic E-state index is 5.16. The van der Waals surface area contributed by atoms with Gasteiger partial charge in [0.05, 0.1) is 11.0 Å². The van der Waals surface area contributed by atoms with E-state index in [1.165, 1.54) is 153 Å². The maximum Gasteiger partial charge on any atom is 0.145 e. The van der Waals surface area contributed by atoms with E-state index in [0.29, 0.717) is 0 Å². The second-order valence-corrected chi connectivity index (χ2v) is 25.9. The third-order valence-corrected chi connectivity index (χ3v) is 20.1. The van der Waals surface area contributed by atoms with Crippen molar-refractivity contribution in [3.05, 3.63) is 400 Å². The van der Waals surface area contributed by atoms with Crippen molar-refractivity contribution in [1.29, 1.82) is 0 Å². The van der Waals surface area contributed by atoms with Crippen molar-refractivity contribution in [1.82, 2.24) is 9.55 Å². The molecule has 1 heterocycles. The normalized spacial score (nSPS) is 9.87. The number of fused-ring (bicyclic) bond motifs is 9. The SMILES string of the molecule is CC.CC.CC.CC.CC.CC.CC.CC.CC.CC.CC.c1ccc(-c2c3ccccc3c(-c3cccc4ccccc34)c3ccccc23)cc1.c1ccc(-c2c3ccccc3c(-c3ccccc3)c3ccccc23)cc1.c1ccc(-n2c(-c3cccc(-c4c5ccccc5c(-c5cccc6ccccc56)c5ccccc45)c3)nc3ccccc32)cc1. The van der Waals surface area contributed by atoms with Gasteiger partial charge in [0.2, 0.25) is 0 Å². The Labute approximate surface area is 738 Å². The molecule has 0 fully saturated rings. The third-order valence-electron chi connectivity index (χ3n) is 20.1. The lowest BCUT2D eigenvalue weighted by molar-refractivity contribution is 1.10. The summed E-state index contributed by atoms with van der Waals surface area (Å²) in [7, 11) is 0. The number of imidazole rings is 1. The van der Waals surface area contributed by atoms with E-state index in [1.807, 2.05) is 152 Å². The molecule has 626 valence electrons. The minimum absolute atomic E-state index is 0.935. The summed E-state index contributed by atoms with van der Waals surface area (Å²) in [6.45, 7) is 44.0. The van der Waals surface area contributed by atoms with Gasteiger partial charge in [0, 0.05) is 11.3 Å². The number of para-hydroxylation sites is 3. The Balaban J connectivity index is 0.000000235. The van der Waals surface area contributed by atoms with Crippen LogP contribution in [0.3, 0.4) is 0 Å². The molecule has 0 N–H and O–H groups in total. The Morgan fingerprint density at radius 3 is 0.683 bits per heavy atom. The van der Waals surface area contributed by atoms with Gasteiger partial charge in [0.25, 0.3) is 0 Å². The summed E-state index contributed by atoms with van der Waals surface area (Å²) in [4.78, 5) is 5.16. The molecule has 20 rings (SSSR count). The number of hydrogen-bond donors (Lipinski definition) is 0. The Bertz CT molecular complexity index is 6210. The highest BCUT2D eigenvalue weighted by molar-refractivity contribution is 6.26. The van der Waals surface area contributed by atoms with Crippen molar-refractivity contribution >= 4 is 97.2 Å². The topological polar surface area (TPSA) is 17.8 Å². The lowest BCUT2D eigenvalue weighted by Gasteiger charge is -2.19. The van der Waals surface area contributed by atoms with Gasteiger partial charge in [0.15, 0.2) is 0 Å². The van der Waals surface area contributed by atoms with Gasteiger partial charge in [-0.15, -0.1) is 0 Å². The number of aromatic nitrogens is 2. The second kappa shape index (κ2) is 52.0. The summed E-state index contributed by atoms with van der Waals surface area (Å²) >= 11 is 0. The molecule has 0 bridgehead atoms. The fourth-order valence-electron chi connectivity index (χ4n) is 15.8. The fraction of sp³-hybridized carbons (Fsp3) is 0.182. The van der Waals surface area contributed by atoms with E-state index in [9.17, 15) is 0 Å². The molecule has 0 aliphatic rings. The Morgan fingerprint density at radius 1 is 0.163 bits per heavy atom. The van der Waals surface area contributed by atoms with Crippen molar-refractivity contribution in [3.8, 4) is 83.8 Å². The first-order valence-corrected chi connectivity index (χ1v) is 45.8. The van der Waals surface area contributed by atoms with E-state index in [2.05, 4.69) is 405 Å². The predicted octanol–water partition coefficient (Wildman–Crippen LogP) is 38.6. The highest BCUT2D eigenvalue weighted by atomic mass is 15.1. The molecule has 0 unspecified atom stereocenters. The van der Waals surface area contributed by atoms with Crippen LogP contribution in [0.25, 0.3) is 181 Å². The van der Waals surface area contributed by atoms with Gasteiger partial charge in [-0.3, -0.25) is 4.57 Å². The van der Waals surface area contributed by atoms with Crippen LogP contribution < -0.4 is 0 Å². The van der Waals surface area contributed by atoms with Crippen LogP contribution in [-0.2, 0) is 0 Å². The summed E-state index contributed by atoms with van der Waals surface area (Å²) in [5.74, 6) is 0.935. The van der Waals surface area contributed by atoms with Gasteiger partial charge in [-0.2, -0.15) is 0 Å². The largest absolute Gasteiger partial charge is 0.292 e. The third kappa shape index (κ3) is 21.6. The van der Waals surface area contributed by atoms with E-state index >= 15 is 0 Å². The quantitative estimate of drug-likeness (QED) is 0.139. The van der Waals surface area contributed by atoms with E-state index < -0.39 is 0 Å². The molecule has 0 saturated carbocycles. The van der Waals surface area contributed by atoms with Crippen LogP contribution in [0, 0.1) is 0 Å². The standard InChI is InChI=1S/C43H28N2.C30H20.C26H18.11C2H6/c1-2-18-32(19-3-1)45-40-27-11-10-26-39(40)44-43(45)31-17-12-16-30(28-31)41-35-21-6-8-23-37(35)42(38-24-9-7-22-36(38)41)34-25-13-15-29-14-4-5-20-33(29)34;1-2-12-22(13-3-1)29-25-16-6-8-18-27(25)30(28-19-9-7-17-26(28)29)24-20-10-14-21-11-4-5-15-23(21)24;1-3-11-19(12-4-1)25-21-15-7-9-17-23(21)26(20-13-5-2-6-14-20)24-18-10-8-16-22(24)25;11*1-2/h1-28H;1-20H;1-18H;11*1-2H3. The molecule has 0 amide bonds. The first-order valence-electron chi connectivity index (χ1n) is 45.8. The van der Waals surface area contributed by atoms with Crippen LogP contribution in [0.1, 0.15) is 152 Å². The van der Waals surface area contributed by atoms with E-state index in [4.69, 9.17) is 4.98 Å². The molecule has 1 aromatic heterocycles. The summed E-state index contributed by atoms with van der Waals surface area (Å²) in [5, 5.41) is 20.5. The van der Waals surface area contributed by atoms with Gasteiger partial charge in [-0.1, -0.05) is 522 Å². The molecular formula is C121H132N2. The number of rotatable bonds is 8. The van der Waals surface area contributed by atoms with Crippen molar-refractivity contribution < 1.29 is 0 Å². The van der Waals surface area contributed by atoms with Crippen LogP contribution in [-0.4, -0.2) is 9.55 Å². The average molecular weight is 1610 g/mol. The summed E-state index contributed by atoms with van der Waals surface area (Å²) < 4.78 is 2.27. The Hall–Kier alpha value is -13.3. The summed E-state index contributed by atoms with van der Waals surface area (Å²) in [6, 6.07) is 144. The molecule has 0 atom stereocenters. The molecule has 0 aliphatic heterocycles. The molecule has 2 heteroatoms. The van der Waals surface area contributed by atoms with Gasteiger partial charge < -0.3 is 0 Å². The maximum atomic E-state index is 5.16. The minimum atomic E-state index is 0.935. The zero-order valence-corrected chi connectivity index (χ0v) is 77.5. The highest BCUT2D eigenvalue weighted by Crippen LogP contribution is 2.49. The van der Waals surface area contributed by atoms with Crippen molar-refractivity contribution in [2.75, 3.05) is 0 Å². The number of nitrogens with zero attached hydrogens (tertiary/aromatic N) is 2. The average Bonchev–Trinajstić information content (AvgIpc) is 1.15. The lowest BCUT2D eigenvalue weighted by atomic mass is 9.84. The van der Waals surface area contributed by atoms with Gasteiger partial charge >= 0.3 is 0 Å². The molecule has 0 radical (unpaired) electrons. The number of benzene rings is 19. The van der Waals surface area contributed by atoms with Crippen LogP contribution >= 0.6 is 0 Å². The summed E-state index contributed by atoms with van der Waals surface area (Å²) in [6.07, 6.45) is 0. The zero-order chi connectivity index (χ0) is 89.0. The van der Waals surface area contributed by atoms with Gasteiger partial charge in [-0.05, 0) is 183 Å².